The van der Waals surface area contributed by atoms with Crippen LogP contribution < -0.4 is 14.8 Å². The highest BCUT2D eigenvalue weighted by molar-refractivity contribution is 5.43. The maximum Gasteiger partial charge on any atom is 0.161 e. The Morgan fingerprint density at radius 3 is 2.24 bits per heavy atom. The molecule has 0 fully saturated rings. The molecule has 120 valence electrons. The number of nitrogens with one attached hydrogen (secondary N) is 1. The molecule has 0 saturated heterocycles. The molecule has 1 rings (SSSR count). The summed E-state index contributed by atoms with van der Waals surface area (Å²) in [6, 6.07) is 6.14. The Kier molecular flexibility index (Phi) is 6.99. The van der Waals surface area contributed by atoms with Gasteiger partial charge >= 0.3 is 0 Å². The Morgan fingerprint density at radius 1 is 1.14 bits per heavy atom. The minimum Gasteiger partial charge on any atom is -0.493 e. The predicted molar refractivity (Wildman–Crippen MR) is 86.1 cm³/mol. The molecule has 0 heterocycles. The SMILES string of the molecule is CCC(CC)(CO)CNC(C)c1ccc(OC)c(OC)c1. The van der Waals surface area contributed by atoms with E-state index in [-0.39, 0.29) is 18.1 Å². The first-order chi connectivity index (χ1) is 10.1. The first kappa shape index (κ1) is 17.8. The van der Waals surface area contributed by atoms with E-state index in [1.165, 1.54) is 0 Å². The number of ether oxygens (including phenoxy) is 2. The first-order valence-corrected chi connectivity index (χ1v) is 7.62. The van der Waals surface area contributed by atoms with Crippen LogP contribution in [0.5, 0.6) is 11.5 Å². The molecular formula is C17H29NO3. The fourth-order valence-electron chi connectivity index (χ4n) is 2.39. The molecule has 1 aromatic carbocycles. The lowest BCUT2D eigenvalue weighted by atomic mass is 9.83. The fraction of sp³-hybridized carbons (Fsp3) is 0.647. The zero-order valence-corrected chi connectivity index (χ0v) is 13.9. The summed E-state index contributed by atoms with van der Waals surface area (Å²) >= 11 is 0. The number of benzene rings is 1. The Morgan fingerprint density at radius 2 is 1.76 bits per heavy atom. The van der Waals surface area contributed by atoms with Gasteiger partial charge in [-0.3, -0.25) is 0 Å². The van der Waals surface area contributed by atoms with Crippen molar-refractivity contribution in [1.29, 1.82) is 0 Å². The smallest absolute Gasteiger partial charge is 0.161 e. The van der Waals surface area contributed by atoms with E-state index in [4.69, 9.17) is 9.47 Å². The highest BCUT2D eigenvalue weighted by Crippen LogP contribution is 2.31. The number of methoxy groups -OCH3 is 2. The van der Waals surface area contributed by atoms with E-state index >= 15 is 0 Å². The van der Waals surface area contributed by atoms with Gasteiger partial charge in [0.1, 0.15) is 0 Å². The molecule has 4 nitrogen and oxygen atoms in total. The Bertz CT molecular complexity index is 422. The van der Waals surface area contributed by atoms with E-state index in [9.17, 15) is 5.11 Å². The Balaban J connectivity index is 2.78. The van der Waals surface area contributed by atoms with E-state index in [0.717, 1.165) is 36.4 Å². The van der Waals surface area contributed by atoms with Crippen LogP contribution in [0.25, 0.3) is 0 Å². The second-order valence-corrected chi connectivity index (χ2v) is 5.58. The van der Waals surface area contributed by atoms with Crippen LogP contribution in [0.4, 0.5) is 0 Å². The van der Waals surface area contributed by atoms with Crippen LogP contribution in [-0.2, 0) is 0 Å². The van der Waals surface area contributed by atoms with Gasteiger partial charge in [0, 0.05) is 24.6 Å². The van der Waals surface area contributed by atoms with Crippen LogP contribution in [0, 0.1) is 5.41 Å². The van der Waals surface area contributed by atoms with E-state index in [0.29, 0.717) is 0 Å². The highest BCUT2D eigenvalue weighted by Gasteiger charge is 2.25. The third-order valence-electron chi connectivity index (χ3n) is 4.53. The van der Waals surface area contributed by atoms with E-state index < -0.39 is 0 Å². The number of aliphatic hydroxyl groups excluding tert-OH is 1. The van der Waals surface area contributed by atoms with Crippen molar-refractivity contribution in [2.75, 3.05) is 27.4 Å². The normalized spacial score (nSPS) is 13.0. The Hall–Kier alpha value is -1.26. The minimum atomic E-state index is -0.0369. The number of rotatable bonds is 9. The summed E-state index contributed by atoms with van der Waals surface area (Å²) in [5.41, 5.74) is 1.11. The lowest BCUT2D eigenvalue weighted by Gasteiger charge is -2.31. The van der Waals surface area contributed by atoms with Gasteiger partial charge < -0.3 is 19.9 Å². The summed E-state index contributed by atoms with van der Waals surface area (Å²) in [4.78, 5) is 0. The van der Waals surface area contributed by atoms with Gasteiger partial charge in [0.2, 0.25) is 0 Å². The molecule has 4 heteroatoms. The molecule has 0 aliphatic carbocycles. The van der Waals surface area contributed by atoms with Crippen molar-refractivity contribution < 1.29 is 14.6 Å². The molecule has 0 spiro atoms. The molecule has 0 bridgehead atoms. The summed E-state index contributed by atoms with van der Waals surface area (Å²) < 4.78 is 10.6. The lowest BCUT2D eigenvalue weighted by molar-refractivity contribution is 0.110. The molecule has 0 aliphatic heterocycles. The van der Waals surface area contributed by atoms with E-state index in [2.05, 4.69) is 26.1 Å². The molecule has 2 N–H and O–H groups in total. The highest BCUT2D eigenvalue weighted by atomic mass is 16.5. The zero-order chi connectivity index (χ0) is 15.9. The standard InChI is InChI=1S/C17H29NO3/c1-6-17(7-2,12-19)11-18-13(3)14-8-9-15(20-4)16(10-14)21-5/h8-10,13,18-19H,6-7,11-12H2,1-5H3. The van der Waals surface area contributed by atoms with Gasteiger partial charge in [0.25, 0.3) is 0 Å². The van der Waals surface area contributed by atoms with Crippen LogP contribution >= 0.6 is 0 Å². The van der Waals surface area contributed by atoms with Crippen LogP contribution in [-0.4, -0.2) is 32.5 Å². The number of hydrogen-bond donors (Lipinski definition) is 2. The molecule has 1 atom stereocenters. The van der Waals surface area contributed by atoms with Crippen molar-refractivity contribution in [2.45, 2.75) is 39.7 Å². The number of aliphatic hydroxyl groups is 1. The zero-order valence-electron chi connectivity index (χ0n) is 13.9. The van der Waals surface area contributed by atoms with Crippen LogP contribution in [0.1, 0.15) is 45.2 Å². The topological polar surface area (TPSA) is 50.7 Å². The molecule has 1 unspecified atom stereocenters. The lowest BCUT2D eigenvalue weighted by Crippen LogP contribution is -2.37. The summed E-state index contributed by atoms with van der Waals surface area (Å²) in [7, 11) is 3.28. The van der Waals surface area contributed by atoms with Crippen molar-refractivity contribution in [2.24, 2.45) is 5.41 Å². The molecular weight excluding hydrogens is 266 g/mol. The second-order valence-electron chi connectivity index (χ2n) is 5.58. The van der Waals surface area contributed by atoms with E-state index in [1.54, 1.807) is 14.2 Å². The second kappa shape index (κ2) is 8.25. The van der Waals surface area contributed by atoms with Crippen LogP contribution in [0.15, 0.2) is 18.2 Å². The Labute approximate surface area is 128 Å². The quantitative estimate of drug-likeness (QED) is 0.735. The van der Waals surface area contributed by atoms with Crippen molar-refractivity contribution in [3.05, 3.63) is 23.8 Å². The summed E-state index contributed by atoms with van der Waals surface area (Å²) in [5, 5.41) is 13.2. The molecule has 0 aromatic heterocycles. The van der Waals surface area contributed by atoms with Gasteiger partial charge in [-0.1, -0.05) is 19.9 Å². The molecule has 0 radical (unpaired) electrons. The maximum absolute atomic E-state index is 9.63. The van der Waals surface area contributed by atoms with Crippen molar-refractivity contribution in [1.82, 2.24) is 5.32 Å². The van der Waals surface area contributed by atoms with Crippen molar-refractivity contribution in [3.8, 4) is 11.5 Å². The van der Waals surface area contributed by atoms with Gasteiger partial charge in [-0.15, -0.1) is 0 Å². The largest absolute Gasteiger partial charge is 0.493 e. The van der Waals surface area contributed by atoms with Crippen molar-refractivity contribution in [3.63, 3.8) is 0 Å². The average Bonchev–Trinajstić information content (AvgIpc) is 2.55. The van der Waals surface area contributed by atoms with E-state index in [1.807, 2.05) is 18.2 Å². The minimum absolute atomic E-state index is 0.0369. The van der Waals surface area contributed by atoms with Crippen LogP contribution in [0.3, 0.4) is 0 Å². The predicted octanol–water partition coefficient (Wildman–Crippen LogP) is 3.15. The monoisotopic (exact) mass is 295 g/mol. The van der Waals surface area contributed by atoms with Gasteiger partial charge in [-0.05, 0) is 37.5 Å². The first-order valence-electron chi connectivity index (χ1n) is 7.62. The van der Waals surface area contributed by atoms with Gasteiger partial charge in [-0.2, -0.15) is 0 Å². The average molecular weight is 295 g/mol. The van der Waals surface area contributed by atoms with Crippen molar-refractivity contribution >= 4 is 0 Å². The summed E-state index contributed by atoms with van der Waals surface area (Å²) in [6.07, 6.45) is 1.93. The number of hydrogen-bond acceptors (Lipinski definition) is 4. The van der Waals surface area contributed by atoms with Gasteiger partial charge in [0.15, 0.2) is 11.5 Å². The van der Waals surface area contributed by atoms with Gasteiger partial charge in [0.05, 0.1) is 14.2 Å². The molecule has 0 saturated carbocycles. The third kappa shape index (κ3) is 4.35. The van der Waals surface area contributed by atoms with Gasteiger partial charge in [-0.25, -0.2) is 0 Å². The molecule has 0 amide bonds. The molecule has 1 aromatic rings. The summed E-state index contributed by atoms with van der Waals surface area (Å²) in [6.45, 7) is 7.39. The fourth-order valence-corrected chi connectivity index (χ4v) is 2.39. The van der Waals surface area contributed by atoms with Crippen LogP contribution in [0.2, 0.25) is 0 Å². The maximum atomic E-state index is 9.63. The molecule has 21 heavy (non-hydrogen) atoms. The summed E-state index contributed by atoms with van der Waals surface area (Å²) in [5.74, 6) is 1.48. The molecule has 0 aliphatic rings. The third-order valence-corrected chi connectivity index (χ3v) is 4.53.